The van der Waals surface area contributed by atoms with Gasteiger partial charge in [-0.05, 0) is 44.4 Å². The average molecular weight is 466 g/mol. The molecule has 1 aliphatic rings. The van der Waals surface area contributed by atoms with E-state index < -0.39 is 0 Å². The quantitative estimate of drug-likeness (QED) is 0.123. The smallest absolute Gasteiger partial charge is 0.111 e. The monoisotopic (exact) mass is 466 g/mol. The molecule has 2 unspecified atom stereocenters. The van der Waals surface area contributed by atoms with Gasteiger partial charge in [-0.1, -0.05) is 104 Å². The van der Waals surface area contributed by atoms with Crippen molar-refractivity contribution in [1.29, 1.82) is 0 Å². The molecule has 0 N–H and O–H groups in total. The van der Waals surface area contributed by atoms with Crippen LogP contribution in [0, 0.1) is 5.92 Å². The van der Waals surface area contributed by atoms with E-state index in [4.69, 9.17) is 4.74 Å². The molecule has 0 radical (unpaired) electrons. The van der Waals surface area contributed by atoms with E-state index in [2.05, 4.69) is 104 Å². The van der Waals surface area contributed by atoms with Crippen LogP contribution in [-0.4, -0.2) is 10.0 Å². The average Bonchev–Trinajstić information content (AvgIpc) is 3.06. The molecule has 0 aromatic carbocycles. The summed E-state index contributed by atoms with van der Waals surface area (Å²) in [5, 5.41) is 0. The van der Waals surface area contributed by atoms with Crippen molar-refractivity contribution in [1.82, 2.24) is 0 Å². The van der Waals surface area contributed by atoms with Crippen LogP contribution in [0.25, 0.3) is 0 Å². The summed E-state index contributed by atoms with van der Waals surface area (Å²) >= 11 is 2.50. The maximum absolute atomic E-state index is 5.74. The highest BCUT2D eigenvalue weighted by atomic mass is 127. The number of allylic oxidation sites excluding steroid dienone is 11. The third-order valence-corrected chi connectivity index (χ3v) is 5.58. The first-order valence-electron chi connectivity index (χ1n) is 9.90. The van der Waals surface area contributed by atoms with E-state index in [-0.39, 0.29) is 0 Å². The third-order valence-electron chi connectivity index (χ3n) is 4.27. The van der Waals surface area contributed by atoms with Crippen molar-refractivity contribution in [3.05, 3.63) is 73.1 Å². The summed E-state index contributed by atoms with van der Waals surface area (Å²) in [4.78, 5) is 0. The Morgan fingerprint density at radius 2 is 1.73 bits per heavy atom. The van der Waals surface area contributed by atoms with E-state index in [1.54, 1.807) is 0 Å². The van der Waals surface area contributed by atoms with Crippen LogP contribution < -0.4 is 0 Å². The van der Waals surface area contributed by atoms with E-state index >= 15 is 0 Å². The molecule has 0 aromatic rings. The van der Waals surface area contributed by atoms with Gasteiger partial charge < -0.3 is 4.74 Å². The van der Waals surface area contributed by atoms with Crippen LogP contribution in [-0.2, 0) is 4.74 Å². The topological polar surface area (TPSA) is 9.23 Å². The molecule has 1 fully saturated rings. The lowest BCUT2D eigenvalue weighted by Gasteiger charge is -2.15. The fourth-order valence-corrected chi connectivity index (χ4v) is 3.48. The number of hydrogen-bond acceptors (Lipinski definition) is 1. The van der Waals surface area contributed by atoms with Gasteiger partial charge in [-0.3, -0.25) is 0 Å². The van der Waals surface area contributed by atoms with Crippen molar-refractivity contribution in [2.45, 2.75) is 68.8 Å². The number of halogens is 1. The number of rotatable bonds is 12. The first-order chi connectivity index (χ1) is 12.6. The summed E-state index contributed by atoms with van der Waals surface area (Å²) in [6, 6.07) is 0. The van der Waals surface area contributed by atoms with Crippen molar-refractivity contribution in [3.63, 3.8) is 0 Å². The van der Waals surface area contributed by atoms with Crippen LogP contribution in [0.5, 0.6) is 0 Å². The summed E-state index contributed by atoms with van der Waals surface area (Å²) in [7, 11) is 0. The lowest BCUT2D eigenvalue weighted by Crippen LogP contribution is -2.17. The molecule has 26 heavy (non-hydrogen) atoms. The zero-order chi connectivity index (χ0) is 19.0. The molecule has 144 valence electrons. The van der Waals surface area contributed by atoms with Gasteiger partial charge in [0.2, 0.25) is 0 Å². The van der Waals surface area contributed by atoms with Crippen molar-refractivity contribution in [2.24, 2.45) is 5.92 Å². The highest BCUT2D eigenvalue weighted by Crippen LogP contribution is 2.29. The number of hydrogen-bond donors (Lipinski definition) is 0. The zero-order valence-electron chi connectivity index (χ0n) is 16.4. The molecule has 0 spiro atoms. The van der Waals surface area contributed by atoms with Crippen molar-refractivity contribution in [2.75, 3.05) is 0 Å². The van der Waals surface area contributed by atoms with E-state index in [9.17, 15) is 0 Å². The summed E-state index contributed by atoms with van der Waals surface area (Å²) in [6.07, 6.45) is 30.1. The van der Waals surface area contributed by atoms with E-state index in [1.807, 2.05) is 0 Å². The highest BCUT2D eigenvalue weighted by molar-refractivity contribution is 14.1. The normalized spacial score (nSPS) is 21.0. The van der Waals surface area contributed by atoms with Gasteiger partial charge in [-0.2, -0.15) is 0 Å². The summed E-state index contributed by atoms with van der Waals surface area (Å²) in [5.41, 5.74) is 0. The van der Waals surface area contributed by atoms with Crippen molar-refractivity contribution in [3.8, 4) is 0 Å². The molecule has 0 aliphatic carbocycles. The minimum absolute atomic E-state index is 0.354. The Morgan fingerprint density at radius 1 is 1.04 bits per heavy atom. The maximum atomic E-state index is 5.74. The Bertz CT molecular complexity index is 524. The number of ether oxygens (including phenoxy) is 1. The summed E-state index contributed by atoms with van der Waals surface area (Å²) in [5.74, 6) is 1.56. The molecule has 1 rings (SSSR count). The second-order valence-electron chi connectivity index (χ2n) is 6.81. The highest BCUT2D eigenvalue weighted by Gasteiger charge is 2.25. The second kappa shape index (κ2) is 15.1. The fraction of sp³-hybridized carbons (Fsp3) is 0.500. The van der Waals surface area contributed by atoms with Crippen LogP contribution in [0.3, 0.4) is 0 Å². The van der Waals surface area contributed by atoms with Gasteiger partial charge in [0, 0.05) is 6.42 Å². The fourth-order valence-electron chi connectivity index (χ4n) is 2.68. The van der Waals surface area contributed by atoms with Gasteiger partial charge in [0.15, 0.2) is 0 Å². The summed E-state index contributed by atoms with van der Waals surface area (Å²) < 4.78 is 6.28. The largest absolute Gasteiger partial charge is 0.494 e. The van der Waals surface area contributed by atoms with Crippen LogP contribution in [0.4, 0.5) is 0 Å². The second-order valence-corrected chi connectivity index (χ2v) is 8.41. The lowest BCUT2D eigenvalue weighted by molar-refractivity contribution is 0.163. The first kappa shape index (κ1) is 23.0. The molecular weight excluding hydrogens is 431 g/mol. The van der Waals surface area contributed by atoms with E-state index in [0.717, 1.165) is 50.7 Å². The standard InChI is InChI=1S/C24H35IO/c1-4-5-13-16-21(2)17-14-11-9-7-6-8-10-12-15-18-23(25)24-20-19-22(3)26-24/h5-6,8-9,11-15,17,21,23-24H,3-4,7,10,16,18-20H2,1-2H3/b8-6-,11-9-,13-5-,15-12-,17-14+/t21-,23?,24?/m0/s1. The Morgan fingerprint density at radius 3 is 2.42 bits per heavy atom. The third kappa shape index (κ3) is 11.6. The van der Waals surface area contributed by atoms with Gasteiger partial charge >= 0.3 is 0 Å². The van der Waals surface area contributed by atoms with Gasteiger partial charge in [0.25, 0.3) is 0 Å². The zero-order valence-corrected chi connectivity index (χ0v) is 18.6. The van der Waals surface area contributed by atoms with Crippen molar-refractivity contribution < 1.29 is 4.74 Å². The minimum Gasteiger partial charge on any atom is -0.494 e. The van der Waals surface area contributed by atoms with Crippen LogP contribution in [0.2, 0.25) is 0 Å². The van der Waals surface area contributed by atoms with Gasteiger partial charge in [-0.15, -0.1) is 0 Å². The Labute approximate surface area is 174 Å². The molecule has 0 saturated carbocycles. The van der Waals surface area contributed by atoms with E-state index in [0.29, 0.717) is 15.9 Å². The molecule has 2 heteroatoms. The number of alkyl halides is 1. The molecule has 0 amide bonds. The predicted molar refractivity (Wildman–Crippen MR) is 125 cm³/mol. The molecule has 3 atom stereocenters. The van der Waals surface area contributed by atoms with Gasteiger partial charge in [0.1, 0.15) is 6.10 Å². The minimum atomic E-state index is 0.354. The molecule has 0 bridgehead atoms. The summed E-state index contributed by atoms with van der Waals surface area (Å²) in [6.45, 7) is 8.33. The predicted octanol–water partition coefficient (Wildman–Crippen LogP) is 7.87. The molecule has 1 aliphatic heterocycles. The Balaban J connectivity index is 2.07. The van der Waals surface area contributed by atoms with E-state index in [1.165, 1.54) is 0 Å². The van der Waals surface area contributed by atoms with Gasteiger partial charge in [0.05, 0.1) is 9.68 Å². The van der Waals surface area contributed by atoms with Crippen LogP contribution in [0.15, 0.2) is 73.1 Å². The van der Waals surface area contributed by atoms with Crippen LogP contribution >= 0.6 is 22.6 Å². The molecule has 1 nitrogen and oxygen atoms in total. The maximum Gasteiger partial charge on any atom is 0.111 e. The Hall–Kier alpha value is -1.03. The van der Waals surface area contributed by atoms with Gasteiger partial charge in [-0.25, -0.2) is 0 Å². The Kier molecular flexibility index (Phi) is 13.3. The molecular formula is C24H35IO. The van der Waals surface area contributed by atoms with Crippen LogP contribution in [0.1, 0.15) is 58.8 Å². The molecule has 1 heterocycles. The first-order valence-corrected chi connectivity index (χ1v) is 11.1. The van der Waals surface area contributed by atoms with Crippen molar-refractivity contribution >= 4 is 22.6 Å². The molecule has 0 aromatic heterocycles. The molecule has 1 saturated heterocycles. The lowest BCUT2D eigenvalue weighted by atomic mass is 10.1. The SMILES string of the molecule is C=C1CCC(C(I)C/C=C\C/C=C\C/C=C\C=C\[C@@H](C)C/C=C\CC)O1.